The second-order valence-corrected chi connectivity index (χ2v) is 5.60. The molecule has 1 rings (SSSR count). The lowest BCUT2D eigenvalue weighted by Crippen LogP contribution is -2.12. The number of thioether (sulfide) groups is 1. The zero-order valence-corrected chi connectivity index (χ0v) is 8.98. The minimum Gasteiger partial charge on any atom is -0.461 e. The molecule has 2 nitrogen and oxygen atoms in total. The molecule has 0 N–H and O–H groups in total. The fraction of sp³-hybridized carbons (Fsp3) is 0.500. The van der Waals surface area contributed by atoms with Gasteiger partial charge in [-0.1, -0.05) is 20.8 Å². The molecule has 0 aliphatic heterocycles. The van der Waals surface area contributed by atoms with Gasteiger partial charge < -0.3 is 4.42 Å². The summed E-state index contributed by atoms with van der Waals surface area (Å²) in [5, 5.41) is 0. The first-order valence-electron chi connectivity index (χ1n) is 4.20. The number of hydrogen-bond donors (Lipinski definition) is 0. The molecule has 0 saturated heterocycles. The van der Waals surface area contributed by atoms with Crippen molar-refractivity contribution < 1.29 is 9.21 Å². The topological polar surface area (TPSA) is 30.2 Å². The maximum absolute atomic E-state index is 11.4. The number of carbonyl (C=O) groups is 1. The molecule has 0 aliphatic rings. The molecule has 1 aromatic heterocycles. The minimum atomic E-state index is 0.0601. The molecule has 1 aromatic rings. The highest BCUT2D eigenvalue weighted by Gasteiger charge is 2.15. The Morgan fingerprint density at radius 3 is 2.69 bits per heavy atom. The second-order valence-electron chi connectivity index (χ2n) is 3.80. The van der Waals surface area contributed by atoms with Crippen molar-refractivity contribution >= 4 is 17.5 Å². The van der Waals surface area contributed by atoms with Crippen molar-refractivity contribution in [1.29, 1.82) is 0 Å². The lowest BCUT2D eigenvalue weighted by molar-refractivity contribution is 0.0992. The molecule has 0 amide bonds. The van der Waals surface area contributed by atoms with Gasteiger partial charge >= 0.3 is 0 Å². The smallest absolute Gasteiger partial charge is 0.207 e. The number of rotatable bonds is 3. The molecule has 0 bridgehead atoms. The largest absolute Gasteiger partial charge is 0.461 e. The zero-order chi connectivity index (χ0) is 9.90. The maximum Gasteiger partial charge on any atom is 0.207 e. The molecule has 0 saturated carbocycles. The lowest BCUT2D eigenvalue weighted by atomic mass is 10.3. The van der Waals surface area contributed by atoms with Gasteiger partial charge in [0.05, 0.1) is 12.0 Å². The van der Waals surface area contributed by atoms with E-state index in [2.05, 4.69) is 20.8 Å². The van der Waals surface area contributed by atoms with Crippen LogP contribution in [0.4, 0.5) is 0 Å². The van der Waals surface area contributed by atoms with Crippen molar-refractivity contribution in [2.24, 2.45) is 0 Å². The van der Waals surface area contributed by atoms with E-state index in [1.807, 2.05) is 0 Å². The van der Waals surface area contributed by atoms with E-state index >= 15 is 0 Å². The molecule has 0 radical (unpaired) electrons. The lowest BCUT2D eigenvalue weighted by Gasteiger charge is -2.16. The van der Waals surface area contributed by atoms with E-state index in [1.54, 1.807) is 23.9 Å². The fourth-order valence-electron chi connectivity index (χ4n) is 0.790. The van der Waals surface area contributed by atoms with E-state index in [1.165, 1.54) is 6.26 Å². The first-order chi connectivity index (χ1) is 5.99. The fourth-order valence-corrected chi connectivity index (χ4v) is 1.50. The number of ketones is 1. The average Bonchev–Trinajstić information content (AvgIpc) is 2.50. The van der Waals surface area contributed by atoms with E-state index in [-0.39, 0.29) is 10.5 Å². The van der Waals surface area contributed by atoms with Crippen molar-refractivity contribution in [3.63, 3.8) is 0 Å². The Morgan fingerprint density at radius 1 is 1.54 bits per heavy atom. The molecular formula is C10H14O2S. The predicted molar refractivity (Wildman–Crippen MR) is 55.2 cm³/mol. The molecule has 0 spiro atoms. The highest BCUT2D eigenvalue weighted by atomic mass is 32.2. The first-order valence-corrected chi connectivity index (χ1v) is 5.18. The minimum absolute atomic E-state index is 0.0601. The number of furan rings is 1. The molecule has 13 heavy (non-hydrogen) atoms. The Bertz CT molecular complexity index is 270. The Balaban J connectivity index is 2.44. The molecule has 0 fully saturated rings. The molecule has 72 valence electrons. The van der Waals surface area contributed by atoms with Gasteiger partial charge in [-0.15, -0.1) is 11.8 Å². The number of carbonyl (C=O) groups excluding carboxylic acids is 1. The van der Waals surface area contributed by atoms with Crippen molar-refractivity contribution in [2.75, 3.05) is 5.75 Å². The van der Waals surface area contributed by atoms with Gasteiger partial charge in [-0.05, 0) is 12.1 Å². The van der Waals surface area contributed by atoms with E-state index in [9.17, 15) is 4.79 Å². The Kier molecular flexibility index (Phi) is 3.20. The maximum atomic E-state index is 11.4. The Labute approximate surface area is 82.7 Å². The first kappa shape index (κ1) is 10.4. The van der Waals surface area contributed by atoms with E-state index in [0.29, 0.717) is 11.5 Å². The summed E-state index contributed by atoms with van der Waals surface area (Å²) in [6, 6.07) is 3.43. The summed E-state index contributed by atoms with van der Waals surface area (Å²) in [4.78, 5) is 11.4. The van der Waals surface area contributed by atoms with Gasteiger partial charge in [0.2, 0.25) is 5.78 Å². The van der Waals surface area contributed by atoms with Crippen LogP contribution in [0.3, 0.4) is 0 Å². The second kappa shape index (κ2) is 4.01. The predicted octanol–water partition coefficient (Wildman–Crippen LogP) is 2.99. The Hall–Kier alpha value is -0.700. The quantitative estimate of drug-likeness (QED) is 0.699. The highest BCUT2D eigenvalue weighted by Crippen LogP contribution is 2.23. The summed E-state index contributed by atoms with van der Waals surface area (Å²) in [5.74, 6) is 0.999. The zero-order valence-electron chi connectivity index (χ0n) is 8.16. The van der Waals surface area contributed by atoms with Crippen molar-refractivity contribution in [3.8, 4) is 0 Å². The highest BCUT2D eigenvalue weighted by molar-refractivity contribution is 8.01. The van der Waals surface area contributed by atoms with Crippen LogP contribution in [-0.2, 0) is 0 Å². The van der Waals surface area contributed by atoms with Gasteiger partial charge in [-0.2, -0.15) is 0 Å². The summed E-state index contributed by atoms with van der Waals surface area (Å²) in [5.41, 5.74) is 0. The molecular weight excluding hydrogens is 184 g/mol. The summed E-state index contributed by atoms with van der Waals surface area (Å²) >= 11 is 1.63. The summed E-state index contributed by atoms with van der Waals surface area (Å²) in [6.45, 7) is 6.27. The Morgan fingerprint density at radius 2 is 2.23 bits per heavy atom. The third-order valence-electron chi connectivity index (χ3n) is 1.43. The van der Waals surface area contributed by atoms with Gasteiger partial charge in [0.1, 0.15) is 0 Å². The van der Waals surface area contributed by atoms with Crippen LogP contribution >= 0.6 is 11.8 Å². The number of hydrogen-bond acceptors (Lipinski definition) is 3. The van der Waals surface area contributed by atoms with Crippen molar-refractivity contribution in [3.05, 3.63) is 24.2 Å². The summed E-state index contributed by atoms with van der Waals surface area (Å²) in [7, 11) is 0. The van der Waals surface area contributed by atoms with Gasteiger partial charge in [0, 0.05) is 4.75 Å². The van der Waals surface area contributed by atoms with E-state index in [0.717, 1.165) is 0 Å². The molecule has 1 heterocycles. The van der Waals surface area contributed by atoms with Crippen LogP contribution in [-0.4, -0.2) is 16.3 Å². The SMILES string of the molecule is CC(C)(C)SCC(=O)c1ccco1. The van der Waals surface area contributed by atoms with Gasteiger partial charge in [0.25, 0.3) is 0 Å². The standard InChI is InChI=1S/C10H14O2S/c1-10(2,3)13-7-8(11)9-5-4-6-12-9/h4-6H,7H2,1-3H3. The molecule has 0 aromatic carbocycles. The monoisotopic (exact) mass is 198 g/mol. The third-order valence-corrected chi connectivity index (χ3v) is 2.70. The normalized spacial score (nSPS) is 11.6. The van der Waals surface area contributed by atoms with E-state index < -0.39 is 0 Å². The summed E-state index contributed by atoms with van der Waals surface area (Å²) in [6.07, 6.45) is 1.52. The van der Waals surface area contributed by atoms with Crippen LogP contribution in [0.5, 0.6) is 0 Å². The third kappa shape index (κ3) is 3.68. The van der Waals surface area contributed by atoms with Crippen molar-refractivity contribution in [2.45, 2.75) is 25.5 Å². The van der Waals surface area contributed by atoms with Crippen LogP contribution in [0.1, 0.15) is 31.3 Å². The van der Waals surface area contributed by atoms with Crippen LogP contribution in [0.15, 0.2) is 22.8 Å². The van der Waals surface area contributed by atoms with Crippen LogP contribution in [0.25, 0.3) is 0 Å². The van der Waals surface area contributed by atoms with Crippen molar-refractivity contribution in [1.82, 2.24) is 0 Å². The molecule has 0 unspecified atom stereocenters. The van der Waals surface area contributed by atoms with Gasteiger partial charge in [-0.3, -0.25) is 4.79 Å². The molecule has 0 atom stereocenters. The average molecular weight is 198 g/mol. The van der Waals surface area contributed by atoms with Gasteiger partial charge in [-0.25, -0.2) is 0 Å². The van der Waals surface area contributed by atoms with E-state index in [4.69, 9.17) is 4.42 Å². The van der Waals surface area contributed by atoms with Crippen LogP contribution < -0.4 is 0 Å². The van der Waals surface area contributed by atoms with Crippen LogP contribution in [0, 0.1) is 0 Å². The van der Waals surface area contributed by atoms with Gasteiger partial charge in [0.15, 0.2) is 5.76 Å². The van der Waals surface area contributed by atoms with Crippen LogP contribution in [0.2, 0.25) is 0 Å². The molecule has 0 aliphatic carbocycles. The number of Topliss-reactive ketones (excluding diaryl/α,β-unsaturated/α-hetero) is 1. The molecule has 3 heteroatoms. The summed E-state index contributed by atoms with van der Waals surface area (Å²) < 4.78 is 5.12.